The highest BCUT2D eigenvalue weighted by Crippen LogP contribution is 2.30. The molecule has 0 spiro atoms. The Bertz CT molecular complexity index is 252. The lowest BCUT2D eigenvalue weighted by atomic mass is 9.79. The number of aliphatic carboxylic acids is 1. The molecule has 0 amide bonds. The van der Waals surface area contributed by atoms with Gasteiger partial charge in [-0.2, -0.15) is 0 Å². The van der Waals surface area contributed by atoms with Crippen molar-refractivity contribution in [1.29, 1.82) is 0 Å². The zero-order valence-corrected chi connectivity index (χ0v) is 11.1. The molecule has 1 fully saturated rings. The molecule has 0 aromatic heterocycles. The first kappa shape index (κ1) is 14.5. The first-order valence-corrected chi connectivity index (χ1v) is 6.79. The Hall–Kier alpha value is -0.610. The van der Waals surface area contributed by atoms with Gasteiger partial charge in [0, 0.05) is 6.04 Å². The zero-order chi connectivity index (χ0) is 12.9. The van der Waals surface area contributed by atoms with Gasteiger partial charge in [0.1, 0.15) is 5.54 Å². The van der Waals surface area contributed by atoms with E-state index in [9.17, 15) is 9.90 Å². The summed E-state index contributed by atoms with van der Waals surface area (Å²) in [6, 6.07) is 0.352. The molecule has 0 bridgehead atoms. The predicted octanol–water partition coefficient (Wildman–Crippen LogP) is 1.83. The maximum atomic E-state index is 11.2. The number of carbonyl (C=O) groups is 1. The number of nitrogens with zero attached hydrogens (tertiary/aromatic N) is 1. The maximum absolute atomic E-state index is 11.2. The molecule has 100 valence electrons. The number of carboxylic acid groups (broad SMARTS) is 1. The molecule has 4 nitrogen and oxygen atoms in total. The minimum atomic E-state index is -0.997. The summed E-state index contributed by atoms with van der Waals surface area (Å²) in [4.78, 5) is 13.6. The van der Waals surface area contributed by atoms with Crippen LogP contribution in [-0.2, 0) is 4.79 Å². The fraction of sp³-hybridized carbons (Fsp3) is 0.923. The smallest absolute Gasteiger partial charge is 0.323 e. The Kier molecular flexibility index (Phi) is 5.40. The van der Waals surface area contributed by atoms with E-state index >= 15 is 0 Å². The van der Waals surface area contributed by atoms with Gasteiger partial charge in [0.05, 0.1) is 0 Å². The molecule has 0 radical (unpaired) electrons. The molecule has 3 N–H and O–H groups in total. The van der Waals surface area contributed by atoms with Gasteiger partial charge in [-0.1, -0.05) is 13.8 Å². The molecule has 1 saturated carbocycles. The third-order valence-corrected chi connectivity index (χ3v) is 3.72. The van der Waals surface area contributed by atoms with E-state index in [-0.39, 0.29) is 0 Å². The summed E-state index contributed by atoms with van der Waals surface area (Å²) in [5, 5.41) is 9.21. The monoisotopic (exact) mass is 242 g/mol. The van der Waals surface area contributed by atoms with Gasteiger partial charge in [-0.3, -0.25) is 4.79 Å². The highest BCUT2D eigenvalue weighted by molar-refractivity contribution is 5.78. The van der Waals surface area contributed by atoms with Gasteiger partial charge in [-0.15, -0.1) is 0 Å². The van der Waals surface area contributed by atoms with Gasteiger partial charge in [0.15, 0.2) is 0 Å². The SMILES string of the molecule is CCCN(CCC)C1CCCC(N)(C(=O)O)C1. The molecule has 0 saturated heterocycles. The van der Waals surface area contributed by atoms with E-state index in [1.807, 2.05) is 0 Å². The number of rotatable bonds is 6. The van der Waals surface area contributed by atoms with Crippen molar-refractivity contribution in [2.45, 2.75) is 64.0 Å². The van der Waals surface area contributed by atoms with Gasteiger partial charge < -0.3 is 15.7 Å². The first-order chi connectivity index (χ1) is 8.03. The van der Waals surface area contributed by atoms with Crippen molar-refractivity contribution in [2.24, 2.45) is 5.73 Å². The van der Waals surface area contributed by atoms with Crippen LogP contribution >= 0.6 is 0 Å². The summed E-state index contributed by atoms with van der Waals surface area (Å²) in [5.74, 6) is -0.838. The maximum Gasteiger partial charge on any atom is 0.323 e. The summed E-state index contributed by atoms with van der Waals surface area (Å²) < 4.78 is 0. The molecular weight excluding hydrogens is 216 g/mol. The summed E-state index contributed by atoms with van der Waals surface area (Å²) in [5.41, 5.74) is 5.00. The second-order valence-electron chi connectivity index (χ2n) is 5.25. The average Bonchev–Trinajstić information content (AvgIpc) is 2.28. The molecule has 2 unspecified atom stereocenters. The minimum absolute atomic E-state index is 0.352. The van der Waals surface area contributed by atoms with E-state index in [4.69, 9.17) is 5.73 Å². The first-order valence-electron chi connectivity index (χ1n) is 6.79. The van der Waals surface area contributed by atoms with Gasteiger partial charge in [-0.05, 0) is 51.6 Å². The van der Waals surface area contributed by atoms with Crippen LogP contribution in [0.1, 0.15) is 52.4 Å². The number of hydrogen-bond acceptors (Lipinski definition) is 3. The standard InChI is InChI=1S/C13H26N2O2/c1-3-8-15(9-4-2)11-6-5-7-13(14,10-11)12(16)17/h11H,3-10,14H2,1-2H3,(H,16,17). The van der Waals surface area contributed by atoms with Crippen LogP contribution in [0.15, 0.2) is 0 Å². The van der Waals surface area contributed by atoms with Crippen molar-refractivity contribution in [3.63, 3.8) is 0 Å². The second kappa shape index (κ2) is 6.36. The third kappa shape index (κ3) is 3.68. The fourth-order valence-corrected chi connectivity index (χ4v) is 2.84. The fourth-order valence-electron chi connectivity index (χ4n) is 2.84. The van der Waals surface area contributed by atoms with Crippen molar-refractivity contribution in [2.75, 3.05) is 13.1 Å². The van der Waals surface area contributed by atoms with Crippen LogP contribution in [0.25, 0.3) is 0 Å². The summed E-state index contributed by atoms with van der Waals surface area (Å²) in [6.07, 6.45) is 5.46. The van der Waals surface area contributed by atoms with Gasteiger partial charge in [-0.25, -0.2) is 0 Å². The molecule has 0 aromatic carbocycles. The lowest BCUT2D eigenvalue weighted by molar-refractivity contribution is -0.145. The van der Waals surface area contributed by atoms with Crippen molar-refractivity contribution in [3.8, 4) is 0 Å². The quantitative estimate of drug-likeness (QED) is 0.745. The highest BCUT2D eigenvalue weighted by atomic mass is 16.4. The molecule has 0 heterocycles. The van der Waals surface area contributed by atoms with Crippen LogP contribution in [0, 0.1) is 0 Å². The average molecular weight is 242 g/mol. The molecule has 2 atom stereocenters. The molecule has 0 aliphatic heterocycles. The van der Waals surface area contributed by atoms with E-state index in [1.165, 1.54) is 0 Å². The topological polar surface area (TPSA) is 66.6 Å². The van der Waals surface area contributed by atoms with E-state index < -0.39 is 11.5 Å². The Morgan fingerprint density at radius 3 is 2.47 bits per heavy atom. The van der Waals surface area contributed by atoms with Crippen LogP contribution in [0.2, 0.25) is 0 Å². The van der Waals surface area contributed by atoms with Crippen LogP contribution in [-0.4, -0.2) is 40.6 Å². The predicted molar refractivity (Wildman–Crippen MR) is 69.0 cm³/mol. The van der Waals surface area contributed by atoms with E-state index in [1.54, 1.807) is 0 Å². The number of nitrogens with two attached hydrogens (primary N) is 1. The van der Waals surface area contributed by atoms with Crippen LogP contribution in [0.3, 0.4) is 0 Å². The molecular formula is C13H26N2O2. The molecule has 1 rings (SSSR count). The summed E-state index contributed by atoms with van der Waals surface area (Å²) >= 11 is 0. The Morgan fingerprint density at radius 2 is 2.00 bits per heavy atom. The van der Waals surface area contributed by atoms with Crippen molar-refractivity contribution >= 4 is 5.97 Å². The zero-order valence-electron chi connectivity index (χ0n) is 11.1. The molecule has 4 heteroatoms. The van der Waals surface area contributed by atoms with Gasteiger partial charge >= 0.3 is 5.97 Å². The largest absolute Gasteiger partial charge is 0.480 e. The van der Waals surface area contributed by atoms with E-state index in [0.29, 0.717) is 18.9 Å². The second-order valence-corrected chi connectivity index (χ2v) is 5.25. The lowest BCUT2D eigenvalue weighted by Gasteiger charge is -2.40. The summed E-state index contributed by atoms with van der Waals surface area (Å²) in [6.45, 7) is 6.43. The van der Waals surface area contributed by atoms with Crippen LogP contribution < -0.4 is 5.73 Å². The summed E-state index contributed by atoms with van der Waals surface area (Å²) in [7, 11) is 0. The van der Waals surface area contributed by atoms with Crippen molar-refractivity contribution in [3.05, 3.63) is 0 Å². The third-order valence-electron chi connectivity index (χ3n) is 3.72. The van der Waals surface area contributed by atoms with Crippen LogP contribution in [0.5, 0.6) is 0 Å². The molecule has 17 heavy (non-hydrogen) atoms. The van der Waals surface area contributed by atoms with Gasteiger partial charge in [0.25, 0.3) is 0 Å². The van der Waals surface area contributed by atoms with E-state index in [2.05, 4.69) is 18.7 Å². The van der Waals surface area contributed by atoms with Crippen LogP contribution in [0.4, 0.5) is 0 Å². The van der Waals surface area contributed by atoms with E-state index in [0.717, 1.165) is 38.8 Å². The number of carboxylic acids is 1. The normalized spacial score (nSPS) is 29.5. The molecule has 0 aromatic rings. The Labute approximate surface area is 104 Å². The lowest BCUT2D eigenvalue weighted by Crippen LogP contribution is -2.55. The van der Waals surface area contributed by atoms with Crippen molar-refractivity contribution < 1.29 is 9.90 Å². The number of hydrogen-bond donors (Lipinski definition) is 2. The Balaban J connectivity index is 2.66. The van der Waals surface area contributed by atoms with Crippen molar-refractivity contribution in [1.82, 2.24) is 4.90 Å². The Morgan fingerprint density at radius 1 is 1.41 bits per heavy atom. The highest BCUT2D eigenvalue weighted by Gasteiger charge is 2.40. The van der Waals surface area contributed by atoms with Gasteiger partial charge in [0.2, 0.25) is 0 Å². The molecule has 1 aliphatic rings. The minimum Gasteiger partial charge on any atom is -0.480 e. The molecule has 1 aliphatic carbocycles.